The molecule has 0 spiro atoms. The van der Waals surface area contributed by atoms with Gasteiger partial charge >= 0.3 is 12.1 Å². The van der Waals surface area contributed by atoms with Gasteiger partial charge in [-0.15, -0.1) is 0 Å². The van der Waals surface area contributed by atoms with E-state index in [1.54, 1.807) is 13.0 Å². The highest BCUT2D eigenvalue weighted by Gasteiger charge is 2.30. The van der Waals surface area contributed by atoms with Crippen molar-refractivity contribution in [3.63, 3.8) is 0 Å². The number of alkyl halides is 3. The van der Waals surface area contributed by atoms with Crippen molar-refractivity contribution < 1.29 is 27.9 Å². The van der Waals surface area contributed by atoms with Crippen LogP contribution in [0.25, 0.3) is 0 Å². The van der Waals surface area contributed by atoms with Crippen LogP contribution < -0.4 is 0 Å². The number of halogens is 3. The van der Waals surface area contributed by atoms with Gasteiger partial charge in [0.1, 0.15) is 6.61 Å². The minimum atomic E-state index is -4.35. The number of carboxylic acid groups (broad SMARTS) is 1. The number of aliphatic carboxylic acids is 1. The van der Waals surface area contributed by atoms with E-state index in [0.717, 1.165) is 12.1 Å². The Hall–Kier alpha value is -2.05. The molecule has 0 saturated carbocycles. The molecule has 116 valence electrons. The molecular formula is C14H16F3NO3. The molecular weight excluding hydrogens is 287 g/mol. The van der Waals surface area contributed by atoms with Crippen LogP contribution in [-0.2, 0) is 22.2 Å². The van der Waals surface area contributed by atoms with Crippen molar-refractivity contribution in [2.75, 3.05) is 6.61 Å². The van der Waals surface area contributed by atoms with Crippen LogP contribution >= 0.6 is 0 Å². The fourth-order valence-electron chi connectivity index (χ4n) is 1.62. The van der Waals surface area contributed by atoms with E-state index in [0.29, 0.717) is 18.4 Å². The molecule has 1 N–H and O–H groups in total. The maximum Gasteiger partial charge on any atom is 0.416 e. The van der Waals surface area contributed by atoms with Gasteiger partial charge in [-0.1, -0.05) is 30.3 Å². The summed E-state index contributed by atoms with van der Waals surface area (Å²) in [6.07, 6.45) is -3.27. The fourth-order valence-corrected chi connectivity index (χ4v) is 1.62. The summed E-state index contributed by atoms with van der Waals surface area (Å²) in [5.74, 6) is -1.14. The van der Waals surface area contributed by atoms with Gasteiger partial charge in [0.25, 0.3) is 0 Å². The highest BCUT2D eigenvalue weighted by Crippen LogP contribution is 2.29. The average molecular weight is 303 g/mol. The Balaban J connectivity index is 2.45. The summed E-state index contributed by atoms with van der Waals surface area (Å²) < 4.78 is 37.5. The van der Waals surface area contributed by atoms with Gasteiger partial charge in [0.2, 0.25) is 0 Å². The van der Waals surface area contributed by atoms with Crippen LogP contribution in [0, 0.1) is 0 Å². The minimum Gasteiger partial charge on any atom is -0.477 e. The Labute approximate surface area is 120 Å². The van der Waals surface area contributed by atoms with Gasteiger partial charge in [-0.3, -0.25) is 0 Å². The number of oxime groups is 1. The van der Waals surface area contributed by atoms with Gasteiger partial charge in [-0.2, -0.15) is 13.2 Å². The molecule has 0 aliphatic rings. The zero-order chi connectivity index (χ0) is 15.9. The first-order valence-electron chi connectivity index (χ1n) is 6.43. The van der Waals surface area contributed by atoms with Crippen molar-refractivity contribution in [2.24, 2.45) is 5.16 Å². The zero-order valence-electron chi connectivity index (χ0n) is 11.5. The van der Waals surface area contributed by atoms with E-state index in [2.05, 4.69) is 5.16 Å². The first kappa shape index (κ1) is 17.0. The molecule has 0 aromatic heterocycles. The molecule has 0 saturated heterocycles. The first-order chi connectivity index (χ1) is 9.84. The summed E-state index contributed by atoms with van der Waals surface area (Å²) in [4.78, 5) is 15.5. The number of hydrogen-bond acceptors (Lipinski definition) is 3. The van der Waals surface area contributed by atoms with Crippen molar-refractivity contribution in [1.29, 1.82) is 0 Å². The van der Waals surface area contributed by atoms with Crippen LogP contribution in [0.2, 0.25) is 0 Å². The van der Waals surface area contributed by atoms with E-state index >= 15 is 0 Å². The fraction of sp³-hybridized carbons (Fsp3) is 0.429. The van der Waals surface area contributed by atoms with Crippen molar-refractivity contribution in [2.45, 2.75) is 32.4 Å². The van der Waals surface area contributed by atoms with E-state index in [1.165, 1.54) is 6.07 Å². The summed E-state index contributed by atoms with van der Waals surface area (Å²) in [6, 6.07) is 5.08. The molecule has 0 aliphatic heterocycles. The minimum absolute atomic E-state index is 0.0888. The van der Waals surface area contributed by atoms with Gasteiger partial charge in [0.15, 0.2) is 5.71 Å². The lowest BCUT2D eigenvalue weighted by Crippen LogP contribution is -2.12. The molecule has 7 heteroatoms. The zero-order valence-corrected chi connectivity index (χ0v) is 11.5. The van der Waals surface area contributed by atoms with Crippen LogP contribution in [-0.4, -0.2) is 23.4 Å². The quantitative estimate of drug-likeness (QED) is 0.476. The van der Waals surface area contributed by atoms with Crippen LogP contribution in [0.15, 0.2) is 29.4 Å². The third kappa shape index (κ3) is 5.85. The van der Waals surface area contributed by atoms with Crippen LogP contribution in [0.5, 0.6) is 0 Å². The topological polar surface area (TPSA) is 58.9 Å². The van der Waals surface area contributed by atoms with E-state index in [9.17, 15) is 18.0 Å². The Morgan fingerprint density at radius 1 is 1.38 bits per heavy atom. The van der Waals surface area contributed by atoms with Crippen molar-refractivity contribution in [3.8, 4) is 0 Å². The standard InChI is InChI=1S/C14H16F3NO3/c1-2-12(13(19)20)18-21-8-4-6-10-5-3-7-11(9-10)14(15,16)17/h3,5,7,9H,2,4,6,8H2,1H3,(H,19,20). The lowest BCUT2D eigenvalue weighted by atomic mass is 10.1. The second-order valence-electron chi connectivity index (χ2n) is 4.33. The van der Waals surface area contributed by atoms with Gasteiger partial charge in [-0.25, -0.2) is 4.79 Å². The number of rotatable bonds is 7. The van der Waals surface area contributed by atoms with Crippen molar-refractivity contribution >= 4 is 11.7 Å². The Morgan fingerprint density at radius 3 is 2.67 bits per heavy atom. The lowest BCUT2D eigenvalue weighted by Gasteiger charge is -2.08. The largest absolute Gasteiger partial charge is 0.477 e. The normalized spacial score (nSPS) is 12.3. The van der Waals surface area contributed by atoms with E-state index in [1.807, 2.05) is 0 Å². The molecule has 0 bridgehead atoms. The summed E-state index contributed by atoms with van der Waals surface area (Å²) in [6.45, 7) is 1.78. The highest BCUT2D eigenvalue weighted by atomic mass is 19.4. The summed E-state index contributed by atoms with van der Waals surface area (Å²) >= 11 is 0. The Bertz CT molecular complexity index is 512. The summed E-state index contributed by atoms with van der Waals surface area (Å²) in [7, 11) is 0. The number of carboxylic acids is 1. The number of nitrogens with zero attached hydrogens (tertiary/aromatic N) is 1. The predicted octanol–water partition coefficient (Wildman–Crippen LogP) is 3.51. The molecule has 4 nitrogen and oxygen atoms in total. The van der Waals surface area contributed by atoms with E-state index in [-0.39, 0.29) is 18.7 Å². The molecule has 0 atom stereocenters. The SMILES string of the molecule is CCC(=NOCCCc1cccc(C(F)(F)F)c1)C(=O)O. The highest BCUT2D eigenvalue weighted by molar-refractivity contribution is 6.35. The van der Waals surface area contributed by atoms with E-state index in [4.69, 9.17) is 9.94 Å². The lowest BCUT2D eigenvalue weighted by molar-refractivity contribution is -0.137. The van der Waals surface area contributed by atoms with Gasteiger partial charge in [0, 0.05) is 0 Å². The van der Waals surface area contributed by atoms with Crippen molar-refractivity contribution in [3.05, 3.63) is 35.4 Å². The van der Waals surface area contributed by atoms with Crippen LogP contribution in [0.4, 0.5) is 13.2 Å². The molecule has 0 heterocycles. The Morgan fingerprint density at radius 2 is 2.10 bits per heavy atom. The average Bonchev–Trinajstić information content (AvgIpc) is 2.41. The van der Waals surface area contributed by atoms with Gasteiger partial charge in [-0.05, 0) is 30.9 Å². The second kappa shape index (κ2) is 7.66. The van der Waals surface area contributed by atoms with Crippen LogP contribution in [0.3, 0.4) is 0 Å². The third-order valence-electron chi connectivity index (χ3n) is 2.71. The van der Waals surface area contributed by atoms with Gasteiger partial charge in [0.05, 0.1) is 5.56 Å². The molecule has 1 aromatic rings. The second-order valence-corrected chi connectivity index (χ2v) is 4.33. The number of carbonyl (C=O) groups is 1. The number of benzene rings is 1. The summed E-state index contributed by atoms with van der Waals surface area (Å²) in [5, 5.41) is 12.2. The Kier molecular flexibility index (Phi) is 6.20. The van der Waals surface area contributed by atoms with Crippen LogP contribution in [0.1, 0.15) is 30.9 Å². The molecule has 0 amide bonds. The first-order valence-corrected chi connectivity index (χ1v) is 6.43. The van der Waals surface area contributed by atoms with E-state index < -0.39 is 17.7 Å². The number of hydrogen-bond donors (Lipinski definition) is 1. The summed E-state index contributed by atoms with van der Waals surface area (Å²) in [5.41, 5.74) is -0.224. The van der Waals surface area contributed by atoms with Gasteiger partial charge < -0.3 is 9.94 Å². The maximum absolute atomic E-state index is 12.5. The molecule has 1 rings (SSSR count). The number of aryl methyl sites for hydroxylation is 1. The molecule has 0 fully saturated rings. The maximum atomic E-state index is 12.5. The monoisotopic (exact) mass is 303 g/mol. The third-order valence-corrected chi connectivity index (χ3v) is 2.71. The molecule has 21 heavy (non-hydrogen) atoms. The predicted molar refractivity (Wildman–Crippen MR) is 71.1 cm³/mol. The smallest absolute Gasteiger partial charge is 0.416 e. The van der Waals surface area contributed by atoms with Crippen molar-refractivity contribution in [1.82, 2.24) is 0 Å². The molecule has 1 aromatic carbocycles. The molecule has 0 aliphatic carbocycles. The molecule has 0 unspecified atom stereocenters. The molecule has 0 radical (unpaired) electrons.